The molecular formula is C15H19BrN4. The molecule has 0 saturated heterocycles. The summed E-state index contributed by atoms with van der Waals surface area (Å²) in [6.45, 7) is 6.10. The molecule has 1 aliphatic heterocycles. The van der Waals surface area contributed by atoms with E-state index in [0.717, 1.165) is 23.3 Å². The van der Waals surface area contributed by atoms with Crippen LogP contribution in [0.25, 0.3) is 0 Å². The summed E-state index contributed by atoms with van der Waals surface area (Å²) < 4.78 is 3.08. The first-order valence-electron chi connectivity index (χ1n) is 6.85. The van der Waals surface area contributed by atoms with E-state index in [-0.39, 0.29) is 0 Å². The number of hydrogen-bond donors (Lipinski definition) is 1. The van der Waals surface area contributed by atoms with Crippen molar-refractivity contribution >= 4 is 27.3 Å². The highest BCUT2D eigenvalue weighted by Gasteiger charge is 2.24. The first kappa shape index (κ1) is 13.5. The van der Waals surface area contributed by atoms with Crippen LogP contribution in [0.2, 0.25) is 0 Å². The number of nitrogens with one attached hydrogen (secondary N) is 1. The molecule has 1 aliphatic rings. The van der Waals surface area contributed by atoms with Gasteiger partial charge in [-0.1, -0.05) is 12.1 Å². The van der Waals surface area contributed by atoms with Crippen molar-refractivity contribution in [2.75, 3.05) is 16.8 Å². The second-order valence-electron chi connectivity index (χ2n) is 5.34. The Hall–Kier alpha value is -1.49. The second-order valence-corrected chi connectivity index (χ2v) is 6.14. The molecule has 1 N–H and O–H groups in total. The van der Waals surface area contributed by atoms with Gasteiger partial charge >= 0.3 is 0 Å². The van der Waals surface area contributed by atoms with Gasteiger partial charge in [-0.25, -0.2) is 0 Å². The zero-order chi connectivity index (χ0) is 14.3. The number of hydrogen-bond acceptors (Lipinski definition) is 3. The van der Waals surface area contributed by atoms with Gasteiger partial charge in [0.15, 0.2) is 0 Å². The van der Waals surface area contributed by atoms with Crippen molar-refractivity contribution in [2.45, 2.75) is 26.4 Å². The van der Waals surface area contributed by atoms with Crippen molar-refractivity contribution in [2.24, 2.45) is 7.05 Å². The lowest BCUT2D eigenvalue weighted by Gasteiger charge is -2.37. The summed E-state index contributed by atoms with van der Waals surface area (Å²) >= 11 is 3.66. The van der Waals surface area contributed by atoms with E-state index in [0.29, 0.717) is 6.04 Å². The third-order valence-corrected chi connectivity index (χ3v) is 4.95. The van der Waals surface area contributed by atoms with Crippen LogP contribution >= 0.6 is 15.9 Å². The summed E-state index contributed by atoms with van der Waals surface area (Å²) in [5, 5.41) is 7.97. The topological polar surface area (TPSA) is 33.1 Å². The van der Waals surface area contributed by atoms with E-state index in [1.165, 1.54) is 17.1 Å². The van der Waals surface area contributed by atoms with Crippen molar-refractivity contribution in [3.63, 3.8) is 0 Å². The predicted octanol–water partition coefficient (Wildman–Crippen LogP) is 3.31. The summed E-state index contributed by atoms with van der Waals surface area (Å²) in [6, 6.07) is 8.93. The van der Waals surface area contributed by atoms with Crippen molar-refractivity contribution in [3.05, 3.63) is 40.1 Å². The molecule has 2 heterocycles. The lowest BCUT2D eigenvalue weighted by atomic mass is 10.1. The molecule has 0 radical (unpaired) electrons. The third-order valence-electron chi connectivity index (χ3n) is 3.92. The molecule has 0 spiro atoms. The molecule has 0 bridgehead atoms. The summed E-state index contributed by atoms with van der Waals surface area (Å²) in [7, 11) is 2.01. The van der Waals surface area contributed by atoms with Crippen molar-refractivity contribution < 1.29 is 0 Å². The molecule has 1 aromatic heterocycles. The van der Waals surface area contributed by atoms with Crippen molar-refractivity contribution in [1.82, 2.24) is 9.78 Å². The minimum absolute atomic E-state index is 0.451. The van der Waals surface area contributed by atoms with E-state index < -0.39 is 0 Å². The number of rotatable bonds is 2. The van der Waals surface area contributed by atoms with E-state index in [9.17, 15) is 0 Å². The van der Waals surface area contributed by atoms with Gasteiger partial charge in [0, 0.05) is 19.6 Å². The van der Waals surface area contributed by atoms with Gasteiger partial charge in [-0.2, -0.15) is 5.10 Å². The lowest BCUT2D eigenvalue weighted by molar-refractivity contribution is 0.607. The molecule has 3 rings (SSSR count). The SMILES string of the molecule is Cc1nn(C)c(CN2c3ccccc3NCC2C)c1Br. The zero-order valence-corrected chi connectivity index (χ0v) is 13.6. The van der Waals surface area contributed by atoms with Gasteiger partial charge in [-0.15, -0.1) is 0 Å². The van der Waals surface area contributed by atoms with Crippen LogP contribution in [0, 0.1) is 6.92 Å². The highest BCUT2D eigenvalue weighted by molar-refractivity contribution is 9.10. The molecule has 20 heavy (non-hydrogen) atoms. The third kappa shape index (κ3) is 2.20. The molecule has 1 aromatic carbocycles. The summed E-state index contributed by atoms with van der Waals surface area (Å²) in [5.41, 5.74) is 4.72. The van der Waals surface area contributed by atoms with Crippen LogP contribution in [0.4, 0.5) is 11.4 Å². The second kappa shape index (κ2) is 5.13. The van der Waals surface area contributed by atoms with Gasteiger partial charge in [0.1, 0.15) is 0 Å². The molecule has 0 saturated carbocycles. The van der Waals surface area contributed by atoms with Gasteiger partial charge in [0.05, 0.1) is 33.8 Å². The Bertz CT molecular complexity index is 635. The van der Waals surface area contributed by atoms with Gasteiger partial charge in [0.2, 0.25) is 0 Å². The van der Waals surface area contributed by atoms with Crippen LogP contribution in [0.5, 0.6) is 0 Å². The van der Waals surface area contributed by atoms with E-state index >= 15 is 0 Å². The van der Waals surface area contributed by atoms with Gasteiger partial charge in [-0.3, -0.25) is 4.68 Å². The van der Waals surface area contributed by atoms with Crippen LogP contribution in [0.1, 0.15) is 18.3 Å². The first-order chi connectivity index (χ1) is 9.58. The van der Waals surface area contributed by atoms with Crippen molar-refractivity contribution in [3.8, 4) is 0 Å². The molecule has 106 valence electrons. The first-order valence-corrected chi connectivity index (χ1v) is 7.64. The molecule has 0 amide bonds. The number of anilines is 2. The quantitative estimate of drug-likeness (QED) is 0.914. The van der Waals surface area contributed by atoms with Crippen LogP contribution in [-0.4, -0.2) is 22.4 Å². The molecule has 2 aromatic rings. The zero-order valence-electron chi connectivity index (χ0n) is 12.0. The molecule has 5 heteroatoms. The van der Waals surface area contributed by atoms with E-state index in [1.54, 1.807) is 0 Å². The van der Waals surface area contributed by atoms with Gasteiger partial charge < -0.3 is 10.2 Å². The average Bonchev–Trinajstić information content (AvgIpc) is 2.68. The molecule has 0 fully saturated rings. The number of halogens is 1. The molecule has 0 aliphatic carbocycles. The average molecular weight is 335 g/mol. The summed E-state index contributed by atoms with van der Waals surface area (Å²) in [5.74, 6) is 0. The Morgan fingerprint density at radius 2 is 2.15 bits per heavy atom. The minimum atomic E-state index is 0.451. The maximum Gasteiger partial charge on any atom is 0.0739 e. The number of aromatic nitrogens is 2. The maximum absolute atomic E-state index is 4.48. The van der Waals surface area contributed by atoms with Crippen LogP contribution in [0.15, 0.2) is 28.7 Å². The normalized spacial score (nSPS) is 17.8. The molecular weight excluding hydrogens is 316 g/mol. The molecule has 4 nitrogen and oxygen atoms in total. The molecule has 1 unspecified atom stereocenters. The van der Waals surface area contributed by atoms with Crippen LogP contribution < -0.4 is 10.2 Å². The monoisotopic (exact) mass is 334 g/mol. The van der Waals surface area contributed by atoms with Crippen LogP contribution in [-0.2, 0) is 13.6 Å². The fourth-order valence-electron chi connectivity index (χ4n) is 2.73. The largest absolute Gasteiger partial charge is 0.381 e. The summed E-state index contributed by atoms with van der Waals surface area (Å²) in [4.78, 5) is 2.44. The smallest absolute Gasteiger partial charge is 0.0739 e. The number of benzene rings is 1. The van der Waals surface area contributed by atoms with Gasteiger partial charge in [0.25, 0.3) is 0 Å². The Morgan fingerprint density at radius 3 is 2.85 bits per heavy atom. The minimum Gasteiger partial charge on any atom is -0.381 e. The summed E-state index contributed by atoms with van der Waals surface area (Å²) in [6.07, 6.45) is 0. The highest BCUT2D eigenvalue weighted by Crippen LogP contribution is 2.33. The Kier molecular flexibility index (Phi) is 3.46. The number of fused-ring (bicyclic) bond motifs is 1. The van der Waals surface area contributed by atoms with Crippen LogP contribution in [0.3, 0.4) is 0 Å². The van der Waals surface area contributed by atoms with Crippen molar-refractivity contribution in [1.29, 1.82) is 0 Å². The Labute approximate surface area is 127 Å². The van der Waals surface area contributed by atoms with E-state index in [2.05, 4.69) is 62.4 Å². The van der Waals surface area contributed by atoms with Gasteiger partial charge in [-0.05, 0) is 41.9 Å². The number of aryl methyl sites for hydroxylation is 2. The van der Waals surface area contributed by atoms with E-state index in [4.69, 9.17) is 0 Å². The standard InChI is InChI=1S/C15H19BrN4/c1-10-8-17-12-6-4-5-7-13(12)20(10)9-14-15(16)11(2)18-19(14)3/h4-7,10,17H,8-9H2,1-3H3. The Balaban J connectivity index is 1.98. The van der Waals surface area contributed by atoms with E-state index in [1.807, 2.05) is 18.7 Å². The number of para-hydroxylation sites is 2. The predicted molar refractivity (Wildman–Crippen MR) is 86.2 cm³/mol. The fourth-order valence-corrected chi connectivity index (χ4v) is 3.19. The fraction of sp³-hybridized carbons (Fsp3) is 0.400. The Morgan fingerprint density at radius 1 is 1.40 bits per heavy atom. The highest BCUT2D eigenvalue weighted by atomic mass is 79.9. The molecule has 1 atom stereocenters. The number of nitrogens with zero attached hydrogens (tertiary/aromatic N) is 3. The maximum atomic E-state index is 4.48. The lowest BCUT2D eigenvalue weighted by Crippen LogP contribution is -2.42.